The van der Waals surface area contributed by atoms with Crippen molar-refractivity contribution in [3.63, 3.8) is 0 Å². The van der Waals surface area contributed by atoms with Crippen LogP contribution in [0.25, 0.3) is 0 Å². The van der Waals surface area contributed by atoms with Gasteiger partial charge in [-0.05, 0) is 32.6 Å². The van der Waals surface area contributed by atoms with E-state index in [0.717, 1.165) is 19.3 Å². The average Bonchev–Trinajstić information content (AvgIpc) is 2.58. The number of halogens is 3. The van der Waals surface area contributed by atoms with E-state index in [0.29, 0.717) is 12.1 Å². The van der Waals surface area contributed by atoms with Gasteiger partial charge in [0.2, 0.25) is 0 Å². The highest BCUT2D eigenvalue weighted by molar-refractivity contribution is 5.73. The maximum atomic E-state index is 10.6. The van der Waals surface area contributed by atoms with Gasteiger partial charge in [0.25, 0.3) is 0 Å². The number of carboxylic acids is 1. The third-order valence-corrected chi connectivity index (χ3v) is 3.23. The summed E-state index contributed by atoms with van der Waals surface area (Å²) >= 11 is 0. The summed E-state index contributed by atoms with van der Waals surface area (Å²) in [5.74, 6) is -2.76. The molecule has 17 heavy (non-hydrogen) atoms. The normalized spacial score (nSPS) is 36.1. The van der Waals surface area contributed by atoms with E-state index in [9.17, 15) is 18.3 Å². The van der Waals surface area contributed by atoms with Crippen molar-refractivity contribution in [2.45, 2.75) is 56.5 Å². The minimum Gasteiger partial charge on any atom is -0.475 e. The first kappa shape index (κ1) is 14.2. The highest BCUT2D eigenvalue weighted by atomic mass is 19.4. The highest BCUT2D eigenvalue weighted by Crippen LogP contribution is 2.33. The number of hydrogen-bond acceptors (Lipinski definition) is 3. The molecule has 4 nitrogen and oxygen atoms in total. The zero-order chi connectivity index (χ0) is 13.3. The Balaban J connectivity index is 0.000000185. The lowest BCUT2D eigenvalue weighted by molar-refractivity contribution is -0.192. The Bertz CT molecular complexity index is 291. The summed E-state index contributed by atoms with van der Waals surface area (Å²) in [5.41, 5.74) is -0.424. The topological polar surface area (TPSA) is 69.6 Å². The summed E-state index contributed by atoms with van der Waals surface area (Å²) < 4.78 is 31.7. The Morgan fingerprint density at radius 2 is 1.88 bits per heavy atom. The lowest BCUT2D eigenvalue weighted by Gasteiger charge is -2.35. The molecule has 7 heteroatoms. The number of carbonyl (C=O) groups is 1. The number of aliphatic hydroxyl groups is 1. The van der Waals surface area contributed by atoms with Gasteiger partial charge < -0.3 is 15.5 Å². The van der Waals surface area contributed by atoms with Gasteiger partial charge in [-0.15, -0.1) is 0 Å². The predicted molar refractivity (Wildman–Crippen MR) is 53.5 cm³/mol. The number of hydrogen-bond donors (Lipinski definition) is 3. The second kappa shape index (κ2) is 4.81. The number of rotatable bonds is 0. The SMILES string of the molecule is CC1(O)CCC2CCC1N2.O=C(O)C(F)(F)F. The standard InChI is InChI=1S/C8H15NO.C2HF3O2/c1-8(10)5-4-6-2-3-7(8)9-6;3-2(4,5)1(6)7/h6-7,9-10H,2-5H2,1H3;(H,6,7). The van der Waals surface area contributed by atoms with Gasteiger partial charge in [0.05, 0.1) is 5.60 Å². The molecular formula is C10H16F3NO3. The monoisotopic (exact) mass is 255 g/mol. The smallest absolute Gasteiger partial charge is 0.475 e. The van der Waals surface area contributed by atoms with Gasteiger partial charge in [-0.25, -0.2) is 4.79 Å². The second-order valence-electron chi connectivity index (χ2n) is 4.69. The van der Waals surface area contributed by atoms with Crippen LogP contribution in [0.15, 0.2) is 0 Å². The van der Waals surface area contributed by atoms with E-state index in [1.54, 1.807) is 0 Å². The molecular weight excluding hydrogens is 239 g/mol. The van der Waals surface area contributed by atoms with E-state index in [2.05, 4.69) is 5.32 Å². The molecule has 0 aromatic heterocycles. The van der Waals surface area contributed by atoms with Crippen molar-refractivity contribution in [1.29, 1.82) is 0 Å². The van der Waals surface area contributed by atoms with Gasteiger partial charge in [0.15, 0.2) is 0 Å². The molecule has 2 saturated heterocycles. The fraction of sp³-hybridized carbons (Fsp3) is 0.900. The van der Waals surface area contributed by atoms with Crippen LogP contribution in [0.2, 0.25) is 0 Å². The number of piperidine rings is 1. The zero-order valence-corrected chi connectivity index (χ0v) is 9.42. The van der Waals surface area contributed by atoms with Crippen LogP contribution in [0.4, 0.5) is 13.2 Å². The number of carboxylic acid groups (broad SMARTS) is 1. The van der Waals surface area contributed by atoms with E-state index in [1.165, 1.54) is 6.42 Å². The fourth-order valence-corrected chi connectivity index (χ4v) is 2.18. The van der Waals surface area contributed by atoms with Gasteiger partial charge in [-0.1, -0.05) is 0 Å². The van der Waals surface area contributed by atoms with Crippen molar-refractivity contribution in [3.8, 4) is 0 Å². The average molecular weight is 255 g/mol. The second-order valence-corrected chi connectivity index (χ2v) is 4.69. The third kappa shape index (κ3) is 3.85. The van der Waals surface area contributed by atoms with E-state index in [4.69, 9.17) is 9.90 Å². The van der Waals surface area contributed by atoms with Crippen LogP contribution in [0.1, 0.15) is 32.6 Å². The summed E-state index contributed by atoms with van der Waals surface area (Å²) in [6, 6.07) is 1.09. The van der Waals surface area contributed by atoms with Crippen LogP contribution in [-0.4, -0.2) is 40.0 Å². The van der Waals surface area contributed by atoms with Crippen LogP contribution < -0.4 is 5.32 Å². The zero-order valence-electron chi connectivity index (χ0n) is 9.42. The molecule has 0 radical (unpaired) electrons. The molecule has 0 aromatic carbocycles. The third-order valence-electron chi connectivity index (χ3n) is 3.23. The number of aliphatic carboxylic acids is 1. The molecule has 0 saturated carbocycles. The maximum absolute atomic E-state index is 10.6. The summed E-state index contributed by atoms with van der Waals surface area (Å²) in [4.78, 5) is 8.90. The van der Waals surface area contributed by atoms with Crippen molar-refractivity contribution in [3.05, 3.63) is 0 Å². The summed E-state index contributed by atoms with van der Waals surface area (Å²) in [6.07, 6.45) is -0.517. The minimum absolute atomic E-state index is 0.381. The molecule has 0 aliphatic carbocycles. The molecule has 3 unspecified atom stereocenters. The molecule has 3 N–H and O–H groups in total. The van der Waals surface area contributed by atoms with Crippen molar-refractivity contribution in [1.82, 2.24) is 5.32 Å². The van der Waals surface area contributed by atoms with Crippen molar-refractivity contribution in [2.24, 2.45) is 0 Å². The molecule has 2 aliphatic heterocycles. The fourth-order valence-electron chi connectivity index (χ4n) is 2.18. The number of alkyl halides is 3. The molecule has 2 bridgehead atoms. The van der Waals surface area contributed by atoms with Crippen LogP contribution in [0.3, 0.4) is 0 Å². The van der Waals surface area contributed by atoms with Crippen molar-refractivity contribution < 1.29 is 28.2 Å². The molecule has 2 aliphatic rings. The van der Waals surface area contributed by atoms with Gasteiger partial charge in [0, 0.05) is 12.1 Å². The van der Waals surface area contributed by atoms with Gasteiger partial charge in [-0.2, -0.15) is 13.2 Å². The Morgan fingerprint density at radius 1 is 1.35 bits per heavy atom. The summed E-state index contributed by atoms with van der Waals surface area (Å²) in [5, 5.41) is 20.4. The van der Waals surface area contributed by atoms with Gasteiger partial charge in [-0.3, -0.25) is 0 Å². The van der Waals surface area contributed by atoms with E-state index < -0.39 is 17.7 Å². The van der Waals surface area contributed by atoms with Crippen molar-refractivity contribution >= 4 is 5.97 Å². The first-order valence-electron chi connectivity index (χ1n) is 5.41. The summed E-state index contributed by atoms with van der Waals surface area (Å²) in [6.45, 7) is 1.95. The van der Waals surface area contributed by atoms with Crippen LogP contribution in [-0.2, 0) is 4.79 Å². The van der Waals surface area contributed by atoms with Crippen LogP contribution in [0.5, 0.6) is 0 Å². The molecule has 2 heterocycles. The van der Waals surface area contributed by atoms with E-state index >= 15 is 0 Å². The molecule has 2 rings (SSSR count). The molecule has 2 fully saturated rings. The molecule has 0 amide bonds. The van der Waals surface area contributed by atoms with Crippen LogP contribution in [0, 0.1) is 0 Å². The van der Waals surface area contributed by atoms with Gasteiger partial charge in [0.1, 0.15) is 0 Å². The Morgan fingerprint density at radius 3 is 2.29 bits per heavy atom. The number of fused-ring (bicyclic) bond motifs is 2. The largest absolute Gasteiger partial charge is 0.490 e. The molecule has 0 spiro atoms. The van der Waals surface area contributed by atoms with Gasteiger partial charge >= 0.3 is 12.1 Å². The van der Waals surface area contributed by atoms with Crippen LogP contribution >= 0.6 is 0 Å². The highest BCUT2D eigenvalue weighted by Gasteiger charge is 2.41. The molecule has 3 atom stereocenters. The predicted octanol–water partition coefficient (Wildman–Crippen LogP) is 1.29. The minimum atomic E-state index is -5.08. The Hall–Kier alpha value is -0.820. The lowest BCUT2D eigenvalue weighted by atomic mass is 9.89. The quantitative estimate of drug-likeness (QED) is 0.610. The molecule has 0 aromatic rings. The first-order valence-corrected chi connectivity index (χ1v) is 5.41. The number of nitrogens with one attached hydrogen (secondary N) is 1. The van der Waals surface area contributed by atoms with Crippen molar-refractivity contribution in [2.75, 3.05) is 0 Å². The van der Waals surface area contributed by atoms with E-state index in [1.807, 2.05) is 6.92 Å². The Kier molecular flexibility index (Phi) is 4.03. The maximum Gasteiger partial charge on any atom is 0.490 e. The lowest BCUT2D eigenvalue weighted by Crippen LogP contribution is -2.51. The Labute approximate surface area is 96.8 Å². The first-order chi connectivity index (χ1) is 7.63. The molecule has 100 valence electrons. The summed E-state index contributed by atoms with van der Waals surface area (Å²) in [7, 11) is 0. The van der Waals surface area contributed by atoms with E-state index in [-0.39, 0.29) is 0 Å².